The molecule has 2 aromatic carbocycles. The molecule has 0 fully saturated rings. The summed E-state index contributed by atoms with van der Waals surface area (Å²) in [7, 11) is 0. The summed E-state index contributed by atoms with van der Waals surface area (Å²) in [6.45, 7) is 5.74. The Morgan fingerprint density at radius 1 is 1.19 bits per heavy atom. The van der Waals surface area contributed by atoms with Gasteiger partial charge in [-0.15, -0.1) is 0 Å². The van der Waals surface area contributed by atoms with Gasteiger partial charge in [0.2, 0.25) is 0 Å². The Kier molecular flexibility index (Phi) is 5.02. The smallest absolute Gasteiger partial charge is 0.265 e. The molecule has 1 N–H and O–H groups in total. The SMILES string of the molecule is Cc1ccc(OC(C)C(=O)Nc2ccccc2Br)c(C)c1. The highest BCUT2D eigenvalue weighted by Gasteiger charge is 2.16. The predicted octanol–water partition coefficient (Wildman–Crippen LogP) is 4.47. The third-order valence-electron chi connectivity index (χ3n) is 3.14. The highest BCUT2D eigenvalue weighted by molar-refractivity contribution is 9.10. The molecule has 3 nitrogen and oxygen atoms in total. The number of rotatable bonds is 4. The fourth-order valence-electron chi connectivity index (χ4n) is 1.97. The first-order valence-corrected chi connectivity index (χ1v) is 7.56. The molecule has 0 heterocycles. The topological polar surface area (TPSA) is 38.3 Å². The van der Waals surface area contributed by atoms with E-state index in [2.05, 4.69) is 21.2 Å². The fraction of sp³-hybridized carbons (Fsp3) is 0.235. The molecular formula is C17H18BrNO2. The molecule has 110 valence electrons. The van der Waals surface area contributed by atoms with Crippen LogP contribution in [-0.4, -0.2) is 12.0 Å². The van der Waals surface area contributed by atoms with Crippen LogP contribution in [0.3, 0.4) is 0 Å². The second-order valence-electron chi connectivity index (χ2n) is 5.00. The van der Waals surface area contributed by atoms with Crippen molar-refractivity contribution < 1.29 is 9.53 Å². The van der Waals surface area contributed by atoms with Gasteiger partial charge in [-0.05, 0) is 60.5 Å². The highest BCUT2D eigenvalue weighted by Crippen LogP contribution is 2.23. The summed E-state index contributed by atoms with van der Waals surface area (Å²) < 4.78 is 6.59. The normalized spacial score (nSPS) is 11.8. The lowest BCUT2D eigenvalue weighted by atomic mass is 10.1. The molecule has 4 heteroatoms. The van der Waals surface area contributed by atoms with Gasteiger partial charge in [0.1, 0.15) is 5.75 Å². The number of amides is 1. The first-order chi connectivity index (χ1) is 9.97. The maximum absolute atomic E-state index is 12.2. The van der Waals surface area contributed by atoms with Crippen molar-refractivity contribution in [3.63, 3.8) is 0 Å². The van der Waals surface area contributed by atoms with Gasteiger partial charge in [-0.2, -0.15) is 0 Å². The summed E-state index contributed by atoms with van der Waals surface area (Å²) in [5, 5.41) is 2.85. The number of carbonyl (C=O) groups is 1. The average Bonchev–Trinajstić information content (AvgIpc) is 2.44. The molecule has 0 spiro atoms. The lowest BCUT2D eigenvalue weighted by Crippen LogP contribution is -2.30. The van der Waals surface area contributed by atoms with E-state index < -0.39 is 6.10 Å². The van der Waals surface area contributed by atoms with Crippen LogP contribution in [0.5, 0.6) is 5.75 Å². The number of carbonyl (C=O) groups excluding carboxylic acids is 1. The summed E-state index contributed by atoms with van der Waals surface area (Å²) in [6, 6.07) is 13.4. The number of hydrogen-bond acceptors (Lipinski definition) is 2. The van der Waals surface area contributed by atoms with Gasteiger partial charge < -0.3 is 10.1 Å². The minimum Gasteiger partial charge on any atom is -0.481 e. The number of nitrogens with one attached hydrogen (secondary N) is 1. The number of halogens is 1. The molecule has 1 amide bonds. The largest absolute Gasteiger partial charge is 0.481 e. The zero-order valence-corrected chi connectivity index (χ0v) is 13.9. The molecule has 0 radical (unpaired) electrons. The maximum Gasteiger partial charge on any atom is 0.265 e. The zero-order chi connectivity index (χ0) is 15.4. The fourth-order valence-corrected chi connectivity index (χ4v) is 2.36. The Hall–Kier alpha value is -1.81. The molecule has 1 atom stereocenters. The van der Waals surface area contributed by atoms with Crippen LogP contribution in [0.1, 0.15) is 18.1 Å². The quantitative estimate of drug-likeness (QED) is 0.885. The van der Waals surface area contributed by atoms with Crippen molar-refractivity contribution in [1.82, 2.24) is 0 Å². The molecule has 0 saturated heterocycles. The van der Waals surface area contributed by atoms with Crippen molar-refractivity contribution in [2.45, 2.75) is 26.9 Å². The van der Waals surface area contributed by atoms with Crippen LogP contribution < -0.4 is 10.1 Å². The first kappa shape index (κ1) is 15.6. The molecule has 0 bridgehead atoms. The minimum atomic E-state index is -0.571. The Bertz CT molecular complexity index is 655. The molecule has 0 saturated carbocycles. The molecule has 21 heavy (non-hydrogen) atoms. The van der Waals surface area contributed by atoms with Gasteiger partial charge in [0.05, 0.1) is 5.69 Å². The van der Waals surface area contributed by atoms with E-state index in [0.717, 1.165) is 21.5 Å². The minimum absolute atomic E-state index is 0.179. The summed E-state index contributed by atoms with van der Waals surface area (Å²) in [6.07, 6.45) is -0.571. The monoisotopic (exact) mass is 347 g/mol. The number of ether oxygens (including phenoxy) is 1. The van der Waals surface area contributed by atoms with Gasteiger partial charge in [0.25, 0.3) is 5.91 Å². The first-order valence-electron chi connectivity index (χ1n) is 6.76. The van der Waals surface area contributed by atoms with E-state index in [1.807, 2.05) is 56.3 Å². The van der Waals surface area contributed by atoms with E-state index in [9.17, 15) is 4.79 Å². The van der Waals surface area contributed by atoms with Gasteiger partial charge in [0.15, 0.2) is 6.10 Å². The van der Waals surface area contributed by atoms with Crippen LogP contribution in [-0.2, 0) is 4.79 Å². The Balaban J connectivity index is 2.04. The predicted molar refractivity (Wildman–Crippen MR) is 88.8 cm³/mol. The van der Waals surface area contributed by atoms with Crippen molar-refractivity contribution >= 4 is 27.5 Å². The standard InChI is InChI=1S/C17H18BrNO2/c1-11-8-9-16(12(2)10-11)21-13(3)17(20)19-15-7-5-4-6-14(15)18/h4-10,13H,1-3H3,(H,19,20). The summed E-state index contributed by atoms with van der Waals surface area (Å²) in [5.41, 5.74) is 2.93. The molecule has 0 aliphatic carbocycles. The van der Waals surface area contributed by atoms with Gasteiger partial charge in [0, 0.05) is 4.47 Å². The molecular weight excluding hydrogens is 330 g/mol. The van der Waals surface area contributed by atoms with Crippen LogP contribution in [0.4, 0.5) is 5.69 Å². The number of aryl methyl sites for hydroxylation is 2. The van der Waals surface area contributed by atoms with Crippen LogP contribution in [0.15, 0.2) is 46.9 Å². The van der Waals surface area contributed by atoms with Crippen molar-refractivity contribution in [2.24, 2.45) is 0 Å². The molecule has 2 rings (SSSR count). The Morgan fingerprint density at radius 2 is 1.90 bits per heavy atom. The van der Waals surface area contributed by atoms with Crippen LogP contribution >= 0.6 is 15.9 Å². The van der Waals surface area contributed by atoms with E-state index in [0.29, 0.717) is 0 Å². The van der Waals surface area contributed by atoms with Crippen molar-refractivity contribution in [2.75, 3.05) is 5.32 Å². The number of hydrogen-bond donors (Lipinski definition) is 1. The molecule has 0 aliphatic heterocycles. The highest BCUT2D eigenvalue weighted by atomic mass is 79.9. The van der Waals surface area contributed by atoms with Crippen molar-refractivity contribution in [3.05, 3.63) is 58.1 Å². The van der Waals surface area contributed by atoms with Gasteiger partial charge >= 0.3 is 0 Å². The zero-order valence-electron chi connectivity index (χ0n) is 12.3. The van der Waals surface area contributed by atoms with Crippen molar-refractivity contribution in [1.29, 1.82) is 0 Å². The van der Waals surface area contributed by atoms with Crippen LogP contribution in [0, 0.1) is 13.8 Å². The lowest BCUT2D eigenvalue weighted by molar-refractivity contribution is -0.122. The summed E-state index contributed by atoms with van der Waals surface area (Å²) in [5.74, 6) is 0.553. The van der Waals surface area contributed by atoms with E-state index in [-0.39, 0.29) is 5.91 Å². The van der Waals surface area contributed by atoms with Gasteiger partial charge in [-0.3, -0.25) is 4.79 Å². The second-order valence-corrected chi connectivity index (χ2v) is 5.85. The second kappa shape index (κ2) is 6.76. The summed E-state index contributed by atoms with van der Waals surface area (Å²) in [4.78, 5) is 12.2. The Labute approximate surface area is 133 Å². The van der Waals surface area contributed by atoms with Crippen LogP contribution in [0.2, 0.25) is 0 Å². The van der Waals surface area contributed by atoms with E-state index >= 15 is 0 Å². The number of benzene rings is 2. The van der Waals surface area contributed by atoms with E-state index in [1.54, 1.807) is 6.92 Å². The summed E-state index contributed by atoms with van der Waals surface area (Å²) >= 11 is 3.40. The third-order valence-corrected chi connectivity index (χ3v) is 3.83. The van der Waals surface area contributed by atoms with Gasteiger partial charge in [-0.1, -0.05) is 29.8 Å². The molecule has 0 aliphatic rings. The lowest BCUT2D eigenvalue weighted by Gasteiger charge is -2.17. The van der Waals surface area contributed by atoms with E-state index in [1.165, 1.54) is 5.56 Å². The molecule has 1 unspecified atom stereocenters. The van der Waals surface area contributed by atoms with Crippen molar-refractivity contribution in [3.8, 4) is 5.75 Å². The third kappa shape index (κ3) is 4.08. The Morgan fingerprint density at radius 3 is 2.57 bits per heavy atom. The van der Waals surface area contributed by atoms with Gasteiger partial charge in [-0.25, -0.2) is 0 Å². The molecule has 0 aromatic heterocycles. The molecule has 2 aromatic rings. The van der Waals surface area contributed by atoms with E-state index in [4.69, 9.17) is 4.74 Å². The average molecular weight is 348 g/mol. The number of anilines is 1. The van der Waals surface area contributed by atoms with Crippen LogP contribution in [0.25, 0.3) is 0 Å². The number of para-hydroxylation sites is 1. The maximum atomic E-state index is 12.2.